The molecule has 0 unspecified atom stereocenters. The summed E-state index contributed by atoms with van der Waals surface area (Å²) in [5.74, 6) is 0. The Bertz CT molecular complexity index is 285. The van der Waals surface area contributed by atoms with Crippen molar-refractivity contribution in [3.63, 3.8) is 0 Å². The van der Waals surface area contributed by atoms with Crippen molar-refractivity contribution in [2.75, 3.05) is 0 Å². The van der Waals surface area contributed by atoms with E-state index in [1.54, 1.807) is 0 Å². The van der Waals surface area contributed by atoms with Crippen LogP contribution in [0.3, 0.4) is 0 Å². The predicted molar refractivity (Wildman–Crippen MR) is 74.5 cm³/mol. The Hall–Kier alpha value is 0.403. The predicted octanol–water partition coefficient (Wildman–Crippen LogP) is 5.44. The van der Waals surface area contributed by atoms with Crippen molar-refractivity contribution < 1.29 is 0 Å². The van der Waals surface area contributed by atoms with E-state index >= 15 is 0 Å². The number of hydrogen-bond donors (Lipinski definition) is 0. The summed E-state index contributed by atoms with van der Waals surface area (Å²) in [4.78, 5) is 1.41. The first-order chi connectivity index (χ1) is 7.15. The third-order valence-electron chi connectivity index (χ3n) is 3.08. The first kappa shape index (κ1) is 13.5. The monoisotopic (exact) mass is 304 g/mol. The SMILES string of the molecule is C[CH2][Ge]([CH2]C)([CH2]C)[S]c1ccc(Cl)cc1. The maximum absolute atomic E-state index is 5.89. The van der Waals surface area contributed by atoms with E-state index in [1.165, 1.54) is 20.7 Å². The molecule has 0 bridgehead atoms. The molecule has 0 aliphatic carbocycles. The summed E-state index contributed by atoms with van der Waals surface area (Å²) >= 11 is 4.26. The van der Waals surface area contributed by atoms with Gasteiger partial charge in [0.15, 0.2) is 0 Å². The van der Waals surface area contributed by atoms with E-state index in [-0.39, 0.29) is 0 Å². The average Bonchev–Trinajstić information content (AvgIpc) is 2.29. The van der Waals surface area contributed by atoms with E-state index in [0.29, 0.717) is 0 Å². The van der Waals surface area contributed by atoms with E-state index in [9.17, 15) is 0 Å². The van der Waals surface area contributed by atoms with Crippen molar-refractivity contribution >= 4 is 33.8 Å². The van der Waals surface area contributed by atoms with Gasteiger partial charge in [-0.1, -0.05) is 0 Å². The van der Waals surface area contributed by atoms with Crippen LogP contribution in [0.15, 0.2) is 29.2 Å². The molecule has 0 aromatic heterocycles. The maximum atomic E-state index is 5.89. The second kappa shape index (κ2) is 6.22. The molecule has 0 spiro atoms. The molecule has 1 aromatic carbocycles. The van der Waals surface area contributed by atoms with Crippen LogP contribution in [0.4, 0.5) is 0 Å². The van der Waals surface area contributed by atoms with Crippen LogP contribution in [-0.2, 0) is 0 Å². The second-order valence-corrected chi connectivity index (χ2v) is 20.1. The molecule has 15 heavy (non-hydrogen) atoms. The van der Waals surface area contributed by atoms with Gasteiger partial charge in [-0.25, -0.2) is 0 Å². The van der Waals surface area contributed by atoms with Crippen LogP contribution in [0.2, 0.25) is 20.8 Å². The molecule has 0 aliphatic heterocycles. The Kier molecular flexibility index (Phi) is 5.58. The topological polar surface area (TPSA) is 0 Å². The zero-order valence-corrected chi connectivity index (χ0v) is 13.4. The van der Waals surface area contributed by atoms with Gasteiger partial charge in [0.25, 0.3) is 0 Å². The number of hydrogen-bond acceptors (Lipinski definition) is 1. The minimum absolute atomic E-state index is 0.835. The summed E-state index contributed by atoms with van der Waals surface area (Å²) in [6.45, 7) is 7.07. The Morgan fingerprint density at radius 2 is 1.47 bits per heavy atom. The van der Waals surface area contributed by atoms with E-state index in [1.807, 2.05) is 12.1 Å². The summed E-state index contributed by atoms with van der Waals surface area (Å²) in [7, 11) is 2.17. The van der Waals surface area contributed by atoms with Crippen LogP contribution in [0, 0.1) is 0 Å². The van der Waals surface area contributed by atoms with Crippen molar-refractivity contribution in [1.29, 1.82) is 0 Å². The summed E-state index contributed by atoms with van der Waals surface area (Å²) in [6, 6.07) is 8.32. The molecular formula is C12H19ClGeS. The third-order valence-corrected chi connectivity index (χ3v) is 21.1. The van der Waals surface area contributed by atoms with Gasteiger partial charge in [0.2, 0.25) is 0 Å². The molecule has 1 rings (SSSR count). The zero-order valence-electron chi connectivity index (χ0n) is 9.72. The summed E-state index contributed by atoms with van der Waals surface area (Å²) < 4.78 is 0. The van der Waals surface area contributed by atoms with Crippen molar-refractivity contribution in [3.8, 4) is 0 Å². The van der Waals surface area contributed by atoms with Gasteiger partial charge in [0, 0.05) is 0 Å². The summed E-state index contributed by atoms with van der Waals surface area (Å²) in [5.41, 5.74) is 0. The molecule has 0 fully saturated rings. The number of benzene rings is 1. The van der Waals surface area contributed by atoms with Crippen LogP contribution in [0.25, 0.3) is 0 Å². The minimum atomic E-state index is -1.63. The molecule has 0 saturated carbocycles. The molecule has 0 heterocycles. The van der Waals surface area contributed by atoms with Gasteiger partial charge in [-0.15, -0.1) is 0 Å². The van der Waals surface area contributed by atoms with Crippen molar-refractivity contribution in [3.05, 3.63) is 29.3 Å². The van der Waals surface area contributed by atoms with Gasteiger partial charge in [-0.2, -0.15) is 0 Å². The first-order valence-corrected chi connectivity index (χ1v) is 13.8. The molecule has 0 atom stereocenters. The Morgan fingerprint density at radius 3 is 1.87 bits per heavy atom. The molecule has 1 aromatic rings. The molecule has 0 N–H and O–H groups in total. The van der Waals surface area contributed by atoms with Gasteiger partial charge < -0.3 is 0 Å². The molecule has 0 radical (unpaired) electrons. The molecule has 0 saturated heterocycles. The molecular weight excluding hydrogens is 284 g/mol. The Balaban J connectivity index is 2.78. The molecule has 84 valence electrons. The van der Waals surface area contributed by atoms with E-state index in [0.717, 1.165) is 5.02 Å². The standard InChI is InChI=1S/C12H19ClGeS/c1-4-14(5-2,6-3)15-12-9-7-11(13)8-10-12/h7-10H,4-6H2,1-3H3. The molecule has 0 nitrogen and oxygen atoms in total. The number of halogens is 1. The van der Waals surface area contributed by atoms with Gasteiger partial charge in [0.05, 0.1) is 0 Å². The van der Waals surface area contributed by atoms with Crippen LogP contribution in [-0.4, -0.2) is 12.1 Å². The van der Waals surface area contributed by atoms with Gasteiger partial charge in [-0.05, 0) is 0 Å². The first-order valence-electron chi connectivity index (χ1n) is 5.60. The third kappa shape index (κ3) is 3.72. The van der Waals surface area contributed by atoms with Gasteiger partial charge in [0.1, 0.15) is 0 Å². The van der Waals surface area contributed by atoms with Crippen molar-refractivity contribution in [2.24, 2.45) is 0 Å². The fourth-order valence-corrected chi connectivity index (χ4v) is 12.9. The van der Waals surface area contributed by atoms with Crippen LogP contribution in [0.5, 0.6) is 0 Å². The number of rotatable bonds is 5. The summed E-state index contributed by atoms with van der Waals surface area (Å²) in [6.07, 6.45) is 0. The van der Waals surface area contributed by atoms with E-state index < -0.39 is 12.1 Å². The second-order valence-electron chi connectivity index (χ2n) is 3.80. The van der Waals surface area contributed by atoms with Gasteiger partial charge in [-0.3, -0.25) is 0 Å². The quantitative estimate of drug-likeness (QED) is 0.653. The van der Waals surface area contributed by atoms with Crippen molar-refractivity contribution in [1.82, 2.24) is 0 Å². The average molecular weight is 303 g/mol. The zero-order chi connectivity index (χ0) is 11.3. The fourth-order valence-electron chi connectivity index (χ4n) is 1.72. The van der Waals surface area contributed by atoms with Gasteiger partial charge >= 0.3 is 105 Å². The Labute approximate surface area is 104 Å². The molecule has 0 aliphatic rings. The molecule has 0 amide bonds. The summed E-state index contributed by atoms with van der Waals surface area (Å²) in [5, 5.41) is 5.04. The normalized spacial score (nSPS) is 11.7. The van der Waals surface area contributed by atoms with E-state index in [4.69, 9.17) is 11.6 Å². The molecule has 3 heteroatoms. The van der Waals surface area contributed by atoms with Crippen LogP contribution in [0.1, 0.15) is 20.8 Å². The fraction of sp³-hybridized carbons (Fsp3) is 0.500. The van der Waals surface area contributed by atoms with Crippen LogP contribution < -0.4 is 0 Å². The van der Waals surface area contributed by atoms with E-state index in [2.05, 4.69) is 43.0 Å². The Morgan fingerprint density at radius 1 is 1.00 bits per heavy atom. The van der Waals surface area contributed by atoms with Crippen LogP contribution >= 0.6 is 21.7 Å². The van der Waals surface area contributed by atoms with Crippen molar-refractivity contribution in [2.45, 2.75) is 41.4 Å².